The van der Waals surface area contributed by atoms with Crippen molar-refractivity contribution in [1.82, 2.24) is 5.32 Å². The van der Waals surface area contributed by atoms with Crippen LogP contribution in [-0.4, -0.2) is 37.0 Å². The molecule has 2 rings (SSSR count). The zero-order chi connectivity index (χ0) is 23.7. The summed E-state index contributed by atoms with van der Waals surface area (Å²) in [4.78, 5) is 36.1. The minimum atomic E-state index is -1.73. The third-order valence-corrected chi connectivity index (χ3v) is 4.24. The Labute approximate surface area is 182 Å². The lowest BCUT2D eigenvalue weighted by Gasteiger charge is -2.14. The molecule has 0 radical (unpaired) electrons. The molecule has 1 unspecified atom stereocenters. The fraction of sp³-hybridized carbons (Fsp3) is 0.318. The summed E-state index contributed by atoms with van der Waals surface area (Å²) in [5.41, 5.74) is -0.371. The Morgan fingerprint density at radius 2 is 1.69 bits per heavy atom. The summed E-state index contributed by atoms with van der Waals surface area (Å²) < 4.78 is 50.2. The van der Waals surface area contributed by atoms with Crippen LogP contribution in [0, 0.1) is 17.5 Å². The van der Waals surface area contributed by atoms with E-state index in [1.165, 1.54) is 19.1 Å². The van der Waals surface area contributed by atoms with E-state index in [9.17, 15) is 27.6 Å². The maximum absolute atomic E-state index is 13.6. The molecule has 2 N–H and O–H groups in total. The molecule has 0 saturated heterocycles. The molecule has 0 aromatic heterocycles. The van der Waals surface area contributed by atoms with Crippen molar-refractivity contribution in [3.63, 3.8) is 0 Å². The monoisotopic (exact) mass is 452 g/mol. The maximum atomic E-state index is 13.6. The molecule has 0 heterocycles. The molecule has 2 amide bonds. The van der Waals surface area contributed by atoms with E-state index in [0.29, 0.717) is 18.4 Å². The van der Waals surface area contributed by atoms with E-state index < -0.39 is 53.6 Å². The zero-order valence-electron chi connectivity index (χ0n) is 17.5. The molecule has 2 aromatic rings. The van der Waals surface area contributed by atoms with Gasteiger partial charge in [0.1, 0.15) is 5.75 Å². The summed E-state index contributed by atoms with van der Waals surface area (Å²) in [6.45, 7) is 3.30. The van der Waals surface area contributed by atoms with Crippen molar-refractivity contribution < 1.29 is 37.0 Å². The van der Waals surface area contributed by atoms with Crippen LogP contribution in [0.5, 0.6) is 5.75 Å². The number of carbonyl (C=O) groups is 3. The number of hydrogen-bond acceptors (Lipinski definition) is 5. The van der Waals surface area contributed by atoms with Gasteiger partial charge in [-0.05, 0) is 49.7 Å². The third kappa shape index (κ3) is 7.00. The van der Waals surface area contributed by atoms with E-state index in [1.54, 1.807) is 12.1 Å². The van der Waals surface area contributed by atoms with Crippen LogP contribution in [0.15, 0.2) is 36.4 Å². The van der Waals surface area contributed by atoms with Crippen LogP contribution in [0.1, 0.15) is 37.0 Å². The minimum Gasteiger partial charge on any atom is -0.494 e. The van der Waals surface area contributed by atoms with Crippen LogP contribution in [0.4, 0.5) is 18.9 Å². The van der Waals surface area contributed by atoms with Crippen molar-refractivity contribution >= 4 is 23.5 Å². The van der Waals surface area contributed by atoms with Gasteiger partial charge in [-0.2, -0.15) is 0 Å². The quantitative estimate of drug-likeness (QED) is 0.327. The Morgan fingerprint density at radius 1 is 1.00 bits per heavy atom. The molecule has 10 heteroatoms. The number of halogens is 3. The van der Waals surface area contributed by atoms with Crippen LogP contribution in [0.2, 0.25) is 0 Å². The van der Waals surface area contributed by atoms with Gasteiger partial charge in [-0.1, -0.05) is 13.3 Å². The van der Waals surface area contributed by atoms with Gasteiger partial charge in [-0.25, -0.2) is 18.0 Å². The largest absolute Gasteiger partial charge is 0.494 e. The SMILES string of the molecule is CCCCOc1ccc(C(=O)OC(C)C(=O)NCC(=O)Nc2ccc(F)c(F)c2F)cc1. The molecule has 0 fully saturated rings. The molecule has 0 aliphatic heterocycles. The van der Waals surface area contributed by atoms with Crippen molar-refractivity contribution in [3.05, 3.63) is 59.4 Å². The second kappa shape index (κ2) is 11.7. The Hall–Kier alpha value is -3.56. The van der Waals surface area contributed by atoms with Gasteiger partial charge >= 0.3 is 5.97 Å². The predicted molar refractivity (Wildman–Crippen MR) is 110 cm³/mol. The van der Waals surface area contributed by atoms with Crippen molar-refractivity contribution in [2.45, 2.75) is 32.8 Å². The fourth-order valence-corrected chi connectivity index (χ4v) is 2.43. The summed E-state index contributed by atoms with van der Waals surface area (Å²) in [5, 5.41) is 4.21. The van der Waals surface area contributed by atoms with E-state index >= 15 is 0 Å². The summed E-state index contributed by atoms with van der Waals surface area (Å²) in [6.07, 6.45) is 0.675. The minimum absolute atomic E-state index is 0.207. The number of esters is 1. The Bertz CT molecular complexity index is 967. The number of hydrogen-bond donors (Lipinski definition) is 2. The van der Waals surface area contributed by atoms with Gasteiger partial charge in [0.25, 0.3) is 5.91 Å². The number of benzene rings is 2. The molecule has 2 aromatic carbocycles. The van der Waals surface area contributed by atoms with Crippen molar-refractivity contribution in [3.8, 4) is 5.75 Å². The summed E-state index contributed by atoms with van der Waals surface area (Å²) in [5.74, 6) is -6.51. The average Bonchev–Trinajstić information content (AvgIpc) is 2.78. The van der Waals surface area contributed by atoms with E-state index in [1.807, 2.05) is 12.2 Å². The van der Waals surface area contributed by atoms with Crippen LogP contribution < -0.4 is 15.4 Å². The zero-order valence-corrected chi connectivity index (χ0v) is 17.5. The molecule has 0 aliphatic rings. The molecule has 0 saturated carbocycles. The number of ether oxygens (including phenoxy) is 2. The number of anilines is 1. The molecular weight excluding hydrogens is 429 g/mol. The van der Waals surface area contributed by atoms with Crippen LogP contribution >= 0.6 is 0 Å². The van der Waals surface area contributed by atoms with Gasteiger partial charge in [-0.3, -0.25) is 9.59 Å². The Balaban J connectivity index is 1.81. The van der Waals surface area contributed by atoms with E-state index in [0.717, 1.165) is 18.9 Å². The summed E-state index contributed by atoms with van der Waals surface area (Å²) in [7, 11) is 0. The lowest BCUT2D eigenvalue weighted by atomic mass is 10.2. The average molecular weight is 452 g/mol. The second-order valence-electron chi connectivity index (χ2n) is 6.76. The predicted octanol–water partition coefficient (Wildman–Crippen LogP) is 3.58. The molecule has 0 aliphatic carbocycles. The van der Waals surface area contributed by atoms with Gasteiger partial charge in [0.05, 0.1) is 24.4 Å². The van der Waals surface area contributed by atoms with E-state index in [-0.39, 0.29) is 5.56 Å². The summed E-state index contributed by atoms with van der Waals surface area (Å²) in [6, 6.07) is 7.71. The molecule has 32 heavy (non-hydrogen) atoms. The third-order valence-electron chi connectivity index (χ3n) is 4.24. The molecular formula is C22H23F3N2O5. The normalized spacial score (nSPS) is 11.4. The first-order chi connectivity index (χ1) is 15.2. The second-order valence-corrected chi connectivity index (χ2v) is 6.76. The Morgan fingerprint density at radius 3 is 2.34 bits per heavy atom. The number of unbranched alkanes of at least 4 members (excludes halogenated alkanes) is 1. The van der Waals surface area contributed by atoms with Crippen molar-refractivity contribution in [2.75, 3.05) is 18.5 Å². The van der Waals surface area contributed by atoms with Gasteiger partial charge in [-0.15, -0.1) is 0 Å². The molecule has 7 nitrogen and oxygen atoms in total. The number of carbonyl (C=O) groups excluding carboxylic acids is 3. The fourth-order valence-electron chi connectivity index (χ4n) is 2.43. The molecule has 0 spiro atoms. The highest BCUT2D eigenvalue weighted by Crippen LogP contribution is 2.19. The lowest BCUT2D eigenvalue weighted by molar-refractivity contribution is -0.130. The highest BCUT2D eigenvalue weighted by atomic mass is 19.2. The number of nitrogens with one attached hydrogen (secondary N) is 2. The Kier molecular flexibility index (Phi) is 9.06. The smallest absolute Gasteiger partial charge is 0.338 e. The van der Waals surface area contributed by atoms with Crippen molar-refractivity contribution in [1.29, 1.82) is 0 Å². The molecule has 1 atom stereocenters. The summed E-state index contributed by atoms with van der Waals surface area (Å²) >= 11 is 0. The van der Waals surface area contributed by atoms with Gasteiger partial charge in [0.2, 0.25) is 5.91 Å². The number of rotatable bonds is 10. The number of amides is 2. The maximum Gasteiger partial charge on any atom is 0.338 e. The van der Waals surface area contributed by atoms with Gasteiger partial charge in [0.15, 0.2) is 23.6 Å². The van der Waals surface area contributed by atoms with Gasteiger partial charge in [0, 0.05) is 0 Å². The topological polar surface area (TPSA) is 93.7 Å². The van der Waals surface area contributed by atoms with Crippen molar-refractivity contribution in [2.24, 2.45) is 0 Å². The van der Waals surface area contributed by atoms with Crippen LogP contribution in [-0.2, 0) is 14.3 Å². The molecule has 0 bridgehead atoms. The highest BCUT2D eigenvalue weighted by Gasteiger charge is 2.20. The van der Waals surface area contributed by atoms with E-state index in [4.69, 9.17) is 9.47 Å². The first kappa shape index (κ1) is 24.7. The standard InChI is InChI=1S/C22H23F3N2O5/c1-3-4-11-31-15-7-5-14(6-8-15)22(30)32-13(2)21(29)26-12-18(28)27-17-10-9-16(23)19(24)20(17)25/h5-10,13H,3-4,11-12H2,1-2H3,(H,26,29)(H,27,28). The van der Waals surface area contributed by atoms with Crippen LogP contribution in [0.25, 0.3) is 0 Å². The van der Waals surface area contributed by atoms with E-state index in [2.05, 4.69) is 5.32 Å². The van der Waals surface area contributed by atoms with Gasteiger partial charge < -0.3 is 20.1 Å². The first-order valence-corrected chi connectivity index (χ1v) is 9.87. The van der Waals surface area contributed by atoms with Crippen LogP contribution in [0.3, 0.4) is 0 Å². The highest BCUT2D eigenvalue weighted by molar-refractivity contribution is 5.96. The molecule has 172 valence electrons. The lowest BCUT2D eigenvalue weighted by Crippen LogP contribution is -2.40. The first-order valence-electron chi connectivity index (χ1n) is 9.87.